The van der Waals surface area contributed by atoms with E-state index < -0.39 is 0 Å². The van der Waals surface area contributed by atoms with Crippen molar-refractivity contribution in [2.75, 3.05) is 44.2 Å². The van der Waals surface area contributed by atoms with E-state index in [1.54, 1.807) is 6.07 Å². The first kappa shape index (κ1) is 27.0. The molecule has 1 saturated heterocycles. The third-order valence-corrected chi connectivity index (χ3v) is 7.77. The van der Waals surface area contributed by atoms with Gasteiger partial charge in [0.05, 0.1) is 29.2 Å². The molecular formula is C34H36N4O3. The predicted molar refractivity (Wildman–Crippen MR) is 165 cm³/mol. The standard InChI is InChI=1S/C34H36N4O3/c1-34(2,3)25-15-13-24(14-16-25)32-33(31(39)26-9-4-7-12-29(26)41-32)40-22-8-17-37-18-20-38(21-19-37)30-23-35-27-10-5-6-11-28(27)36-30/h4-7,9-16,23H,8,17-22H2,1-3H3. The van der Waals surface area contributed by atoms with Gasteiger partial charge in [0.1, 0.15) is 11.4 Å². The molecule has 0 bridgehead atoms. The Bertz CT molecular complexity index is 1720. The van der Waals surface area contributed by atoms with Crippen LogP contribution in [0.2, 0.25) is 0 Å². The molecule has 0 amide bonds. The van der Waals surface area contributed by atoms with Crippen LogP contribution >= 0.6 is 0 Å². The fourth-order valence-corrected chi connectivity index (χ4v) is 5.33. The van der Waals surface area contributed by atoms with E-state index in [1.165, 1.54) is 5.56 Å². The van der Waals surface area contributed by atoms with Crippen LogP contribution in [-0.4, -0.2) is 54.2 Å². The van der Waals surface area contributed by atoms with E-state index in [0.717, 1.165) is 61.6 Å². The minimum atomic E-state index is -0.133. The number of hydrogen-bond donors (Lipinski definition) is 0. The number of rotatable bonds is 7. The van der Waals surface area contributed by atoms with Crippen molar-refractivity contribution in [3.63, 3.8) is 0 Å². The minimum absolute atomic E-state index is 0.0381. The van der Waals surface area contributed by atoms with Crippen LogP contribution in [-0.2, 0) is 5.41 Å². The highest BCUT2D eigenvalue weighted by molar-refractivity contribution is 5.82. The summed E-state index contributed by atoms with van der Waals surface area (Å²) in [6.45, 7) is 11.6. The molecule has 0 unspecified atom stereocenters. The molecule has 0 atom stereocenters. The molecule has 0 radical (unpaired) electrons. The van der Waals surface area contributed by atoms with Crippen molar-refractivity contribution in [3.05, 3.63) is 94.8 Å². The number of aromatic nitrogens is 2. The highest BCUT2D eigenvalue weighted by Crippen LogP contribution is 2.33. The summed E-state index contributed by atoms with van der Waals surface area (Å²) in [7, 11) is 0. The Kier molecular flexibility index (Phi) is 7.45. The van der Waals surface area contributed by atoms with Gasteiger partial charge >= 0.3 is 0 Å². The lowest BCUT2D eigenvalue weighted by Crippen LogP contribution is -2.47. The summed E-state index contributed by atoms with van der Waals surface area (Å²) in [5.74, 6) is 1.70. The summed E-state index contributed by atoms with van der Waals surface area (Å²) in [6.07, 6.45) is 2.68. The summed E-state index contributed by atoms with van der Waals surface area (Å²) in [6, 6.07) is 23.5. The van der Waals surface area contributed by atoms with E-state index in [0.29, 0.717) is 23.3 Å². The number of benzene rings is 3. The molecule has 5 aromatic rings. The van der Waals surface area contributed by atoms with Crippen molar-refractivity contribution < 1.29 is 9.15 Å². The van der Waals surface area contributed by atoms with Crippen LogP contribution in [0.5, 0.6) is 5.75 Å². The largest absolute Gasteiger partial charge is 0.486 e. The molecule has 1 aliphatic heterocycles. The number of anilines is 1. The maximum Gasteiger partial charge on any atom is 0.235 e. The Morgan fingerprint density at radius 3 is 2.34 bits per heavy atom. The van der Waals surface area contributed by atoms with Gasteiger partial charge in [-0.15, -0.1) is 0 Å². The van der Waals surface area contributed by atoms with Gasteiger partial charge in [-0.05, 0) is 41.7 Å². The minimum Gasteiger partial charge on any atom is -0.486 e. The van der Waals surface area contributed by atoms with E-state index >= 15 is 0 Å². The van der Waals surface area contributed by atoms with Crippen molar-refractivity contribution in [3.8, 4) is 17.1 Å². The predicted octanol–water partition coefficient (Wildman–Crippen LogP) is 6.29. The van der Waals surface area contributed by atoms with Crippen LogP contribution in [0.3, 0.4) is 0 Å². The Morgan fingerprint density at radius 1 is 0.878 bits per heavy atom. The maximum absolute atomic E-state index is 13.5. The van der Waals surface area contributed by atoms with Gasteiger partial charge in [-0.2, -0.15) is 0 Å². The quantitative estimate of drug-likeness (QED) is 0.221. The number of hydrogen-bond acceptors (Lipinski definition) is 7. The van der Waals surface area contributed by atoms with Crippen LogP contribution in [0.4, 0.5) is 5.82 Å². The molecule has 41 heavy (non-hydrogen) atoms. The average molecular weight is 549 g/mol. The van der Waals surface area contributed by atoms with Crippen molar-refractivity contribution >= 4 is 27.8 Å². The van der Waals surface area contributed by atoms with Crippen LogP contribution < -0.4 is 15.1 Å². The van der Waals surface area contributed by atoms with Gasteiger partial charge in [0.15, 0.2) is 5.76 Å². The highest BCUT2D eigenvalue weighted by Gasteiger charge is 2.21. The Morgan fingerprint density at radius 2 is 1.59 bits per heavy atom. The molecule has 0 N–H and O–H groups in total. The van der Waals surface area contributed by atoms with E-state index in [-0.39, 0.29) is 16.6 Å². The first-order valence-corrected chi connectivity index (χ1v) is 14.4. The van der Waals surface area contributed by atoms with E-state index in [9.17, 15) is 4.79 Å². The molecule has 3 heterocycles. The summed E-state index contributed by atoms with van der Waals surface area (Å²) < 4.78 is 12.4. The lowest BCUT2D eigenvalue weighted by Gasteiger charge is -2.35. The highest BCUT2D eigenvalue weighted by atomic mass is 16.5. The SMILES string of the molecule is CC(C)(C)c1ccc(-c2oc3ccccc3c(=O)c2OCCCN2CCN(c3cnc4ccccc4n3)CC2)cc1. The molecular weight excluding hydrogens is 512 g/mol. The maximum atomic E-state index is 13.5. The summed E-state index contributed by atoms with van der Waals surface area (Å²) in [4.78, 5) is 27.6. The van der Waals surface area contributed by atoms with E-state index in [4.69, 9.17) is 14.1 Å². The monoisotopic (exact) mass is 548 g/mol. The van der Waals surface area contributed by atoms with Gasteiger partial charge in [0.25, 0.3) is 0 Å². The summed E-state index contributed by atoms with van der Waals surface area (Å²) in [5.41, 5.74) is 4.37. The number of para-hydroxylation sites is 3. The third-order valence-electron chi connectivity index (χ3n) is 7.77. The summed E-state index contributed by atoms with van der Waals surface area (Å²) in [5, 5.41) is 0.533. The van der Waals surface area contributed by atoms with Crippen LogP contribution in [0, 0.1) is 0 Å². The van der Waals surface area contributed by atoms with Crippen molar-refractivity contribution in [2.45, 2.75) is 32.6 Å². The normalized spacial score (nSPS) is 14.6. The molecule has 7 heteroatoms. The van der Waals surface area contributed by atoms with Crippen LogP contribution in [0.1, 0.15) is 32.8 Å². The number of fused-ring (bicyclic) bond motifs is 2. The molecule has 1 aliphatic rings. The molecule has 1 fully saturated rings. The second-order valence-corrected chi connectivity index (χ2v) is 11.7. The van der Waals surface area contributed by atoms with Gasteiger partial charge in [0, 0.05) is 38.3 Å². The van der Waals surface area contributed by atoms with Gasteiger partial charge in [-0.1, -0.05) is 69.3 Å². The zero-order valence-corrected chi connectivity index (χ0v) is 24.0. The lowest BCUT2D eigenvalue weighted by molar-refractivity contribution is 0.223. The Balaban J connectivity index is 1.10. The molecule has 0 saturated carbocycles. The molecule has 6 rings (SSSR count). The zero-order valence-electron chi connectivity index (χ0n) is 24.0. The first-order valence-electron chi connectivity index (χ1n) is 14.4. The molecule has 7 nitrogen and oxygen atoms in total. The smallest absolute Gasteiger partial charge is 0.235 e. The topological polar surface area (TPSA) is 71.7 Å². The van der Waals surface area contributed by atoms with Gasteiger partial charge in [-0.25, -0.2) is 4.98 Å². The fourth-order valence-electron chi connectivity index (χ4n) is 5.33. The van der Waals surface area contributed by atoms with E-state index in [1.807, 2.05) is 60.8 Å². The molecule has 2 aromatic heterocycles. The summed E-state index contributed by atoms with van der Waals surface area (Å²) >= 11 is 0. The Hall–Kier alpha value is -4.23. The van der Waals surface area contributed by atoms with Gasteiger partial charge in [0.2, 0.25) is 11.2 Å². The fraction of sp³-hybridized carbons (Fsp3) is 0.324. The second kappa shape index (κ2) is 11.3. The van der Waals surface area contributed by atoms with Crippen LogP contribution in [0.25, 0.3) is 33.3 Å². The number of ether oxygens (including phenoxy) is 1. The van der Waals surface area contributed by atoms with E-state index in [2.05, 4.69) is 47.7 Å². The molecule has 210 valence electrons. The third kappa shape index (κ3) is 5.81. The molecule has 0 aliphatic carbocycles. The number of nitrogens with zero attached hydrogens (tertiary/aromatic N) is 4. The number of piperazine rings is 1. The van der Waals surface area contributed by atoms with Crippen molar-refractivity contribution in [1.29, 1.82) is 0 Å². The lowest BCUT2D eigenvalue weighted by atomic mass is 9.86. The molecule has 0 spiro atoms. The second-order valence-electron chi connectivity index (χ2n) is 11.7. The van der Waals surface area contributed by atoms with Crippen LogP contribution in [0.15, 0.2) is 88.2 Å². The van der Waals surface area contributed by atoms with Crippen molar-refractivity contribution in [1.82, 2.24) is 14.9 Å². The Labute approximate surface area is 240 Å². The van der Waals surface area contributed by atoms with Crippen molar-refractivity contribution in [2.24, 2.45) is 0 Å². The first-order chi connectivity index (χ1) is 19.9. The zero-order chi connectivity index (χ0) is 28.4. The molecule has 3 aromatic carbocycles. The average Bonchev–Trinajstić information content (AvgIpc) is 3.00. The van der Waals surface area contributed by atoms with Gasteiger partial charge in [-0.3, -0.25) is 14.7 Å². The van der Waals surface area contributed by atoms with Gasteiger partial charge < -0.3 is 14.1 Å².